The summed E-state index contributed by atoms with van der Waals surface area (Å²) in [5, 5.41) is 0. The lowest BCUT2D eigenvalue weighted by molar-refractivity contribution is 0.103. The Morgan fingerprint density at radius 1 is 1.09 bits per heavy atom. The number of nitrogens with one attached hydrogen (secondary N) is 1. The molecule has 0 radical (unpaired) electrons. The molecule has 2 aromatic carbocycles. The van der Waals surface area contributed by atoms with Gasteiger partial charge in [-0.1, -0.05) is 30.3 Å². The molecule has 0 aliphatic carbocycles. The van der Waals surface area contributed by atoms with Gasteiger partial charge in [0.1, 0.15) is 0 Å². The predicted molar refractivity (Wildman–Crippen MR) is 91.0 cm³/mol. The molecule has 0 aliphatic rings. The summed E-state index contributed by atoms with van der Waals surface area (Å²) in [6, 6.07) is 14.5. The van der Waals surface area contributed by atoms with Gasteiger partial charge >= 0.3 is 5.69 Å². The molecular formula is C18H19N3O2. The quantitative estimate of drug-likeness (QED) is 0.735. The molecule has 0 spiro atoms. The maximum absolute atomic E-state index is 12.6. The smallest absolute Gasteiger partial charge is 0.308 e. The van der Waals surface area contributed by atoms with Crippen molar-refractivity contribution in [1.82, 2.24) is 14.5 Å². The van der Waals surface area contributed by atoms with Crippen molar-refractivity contribution in [2.45, 2.75) is 6.54 Å². The minimum Gasteiger partial charge on any atom is -0.308 e. The summed E-state index contributed by atoms with van der Waals surface area (Å²) in [6.07, 6.45) is 0. The van der Waals surface area contributed by atoms with Gasteiger partial charge in [0.05, 0.1) is 11.0 Å². The van der Waals surface area contributed by atoms with Crippen LogP contribution >= 0.6 is 0 Å². The number of aromatic nitrogens is 2. The zero-order valence-electron chi connectivity index (χ0n) is 13.2. The second kappa shape index (κ2) is 6.22. The highest BCUT2D eigenvalue weighted by molar-refractivity contribution is 6.10. The van der Waals surface area contributed by atoms with Crippen molar-refractivity contribution in [3.63, 3.8) is 0 Å². The number of hydrogen-bond donors (Lipinski definition) is 1. The monoisotopic (exact) mass is 309 g/mol. The van der Waals surface area contributed by atoms with Crippen LogP contribution in [0.25, 0.3) is 11.0 Å². The lowest BCUT2D eigenvalue weighted by Crippen LogP contribution is -2.24. The Labute approximate surface area is 134 Å². The lowest BCUT2D eigenvalue weighted by Gasteiger charge is -2.10. The third-order valence-electron chi connectivity index (χ3n) is 3.84. The van der Waals surface area contributed by atoms with Crippen molar-refractivity contribution in [1.29, 1.82) is 0 Å². The Balaban J connectivity index is 2.02. The normalized spacial score (nSPS) is 11.3. The fourth-order valence-corrected chi connectivity index (χ4v) is 2.57. The van der Waals surface area contributed by atoms with E-state index in [1.54, 1.807) is 34.9 Å². The van der Waals surface area contributed by atoms with E-state index in [0.717, 1.165) is 17.6 Å². The van der Waals surface area contributed by atoms with Gasteiger partial charge in [-0.05, 0) is 32.3 Å². The van der Waals surface area contributed by atoms with Crippen LogP contribution in [0.15, 0.2) is 53.3 Å². The first kappa shape index (κ1) is 15.2. The fourth-order valence-electron chi connectivity index (χ4n) is 2.57. The van der Waals surface area contributed by atoms with E-state index >= 15 is 0 Å². The summed E-state index contributed by atoms with van der Waals surface area (Å²) >= 11 is 0. The summed E-state index contributed by atoms with van der Waals surface area (Å²) in [5.41, 5.74) is 2.59. The molecule has 5 heteroatoms. The van der Waals surface area contributed by atoms with Crippen molar-refractivity contribution < 1.29 is 4.79 Å². The summed E-state index contributed by atoms with van der Waals surface area (Å²) in [4.78, 5) is 29.5. The largest absolute Gasteiger partial charge is 0.326 e. The molecule has 0 saturated carbocycles. The SMILES string of the molecule is CN(C)CCn1c(=O)[nH]c2ccc(C(=O)c3ccccc3)cc21. The standard InChI is InChI=1S/C18H19N3O2/c1-20(2)10-11-21-16-12-14(8-9-15(16)19-18(21)23)17(22)13-6-4-3-5-7-13/h3-9,12H,10-11H2,1-2H3,(H,19,23). The van der Waals surface area contributed by atoms with Gasteiger partial charge in [0.25, 0.3) is 0 Å². The van der Waals surface area contributed by atoms with Crippen molar-refractivity contribution in [3.05, 3.63) is 70.1 Å². The molecule has 3 aromatic rings. The summed E-state index contributed by atoms with van der Waals surface area (Å²) in [5.74, 6) is -0.0414. The first-order valence-electron chi connectivity index (χ1n) is 7.53. The topological polar surface area (TPSA) is 58.1 Å². The zero-order chi connectivity index (χ0) is 16.4. The highest BCUT2D eigenvalue weighted by atomic mass is 16.1. The number of hydrogen-bond acceptors (Lipinski definition) is 3. The molecule has 0 fully saturated rings. The van der Waals surface area contributed by atoms with Crippen LogP contribution in [0.1, 0.15) is 15.9 Å². The highest BCUT2D eigenvalue weighted by Gasteiger charge is 2.12. The maximum Gasteiger partial charge on any atom is 0.326 e. The van der Waals surface area contributed by atoms with Crippen LogP contribution in [-0.4, -0.2) is 40.9 Å². The molecule has 0 aliphatic heterocycles. The van der Waals surface area contributed by atoms with Gasteiger partial charge < -0.3 is 9.88 Å². The third-order valence-corrected chi connectivity index (χ3v) is 3.84. The average molecular weight is 309 g/mol. The van der Waals surface area contributed by atoms with Gasteiger partial charge in [0.15, 0.2) is 5.78 Å². The number of carbonyl (C=O) groups is 1. The van der Waals surface area contributed by atoms with E-state index in [0.29, 0.717) is 17.7 Å². The number of rotatable bonds is 5. The number of ketones is 1. The van der Waals surface area contributed by atoms with Gasteiger partial charge in [-0.3, -0.25) is 9.36 Å². The number of nitrogens with zero attached hydrogens (tertiary/aromatic N) is 2. The molecule has 118 valence electrons. The van der Waals surface area contributed by atoms with Crippen LogP contribution in [0, 0.1) is 0 Å². The molecule has 23 heavy (non-hydrogen) atoms. The molecule has 0 amide bonds. The van der Waals surface area contributed by atoms with Crippen molar-refractivity contribution in [2.24, 2.45) is 0 Å². The second-order valence-corrected chi connectivity index (χ2v) is 5.81. The molecule has 0 bridgehead atoms. The van der Waals surface area contributed by atoms with E-state index in [-0.39, 0.29) is 11.5 Å². The number of carbonyl (C=O) groups excluding carboxylic acids is 1. The van der Waals surface area contributed by atoms with Crippen LogP contribution in [0.3, 0.4) is 0 Å². The third kappa shape index (κ3) is 3.10. The molecule has 1 N–H and O–H groups in total. The van der Waals surface area contributed by atoms with Gasteiger partial charge in [0, 0.05) is 24.2 Å². The number of likely N-dealkylation sites (N-methyl/N-ethyl adjacent to an activating group) is 1. The molecule has 3 rings (SSSR count). The van der Waals surface area contributed by atoms with Crippen molar-refractivity contribution in [2.75, 3.05) is 20.6 Å². The molecular weight excluding hydrogens is 290 g/mol. The fraction of sp³-hybridized carbons (Fsp3) is 0.222. The molecule has 1 aromatic heterocycles. The van der Waals surface area contributed by atoms with Crippen LogP contribution in [0.5, 0.6) is 0 Å². The van der Waals surface area contributed by atoms with Gasteiger partial charge in [0.2, 0.25) is 0 Å². The molecule has 5 nitrogen and oxygen atoms in total. The van der Waals surface area contributed by atoms with E-state index < -0.39 is 0 Å². The molecule has 0 atom stereocenters. The summed E-state index contributed by atoms with van der Waals surface area (Å²) in [6.45, 7) is 1.33. The van der Waals surface area contributed by atoms with Crippen molar-refractivity contribution in [3.8, 4) is 0 Å². The Morgan fingerprint density at radius 2 is 1.83 bits per heavy atom. The second-order valence-electron chi connectivity index (χ2n) is 5.81. The highest BCUT2D eigenvalue weighted by Crippen LogP contribution is 2.16. The summed E-state index contributed by atoms with van der Waals surface area (Å²) in [7, 11) is 3.93. The van der Waals surface area contributed by atoms with E-state index in [4.69, 9.17) is 0 Å². The minimum atomic E-state index is -0.147. The Kier molecular flexibility index (Phi) is 4.12. The minimum absolute atomic E-state index is 0.0414. The van der Waals surface area contributed by atoms with E-state index in [1.807, 2.05) is 37.2 Å². The average Bonchev–Trinajstić information content (AvgIpc) is 2.87. The van der Waals surface area contributed by atoms with Crippen LogP contribution in [0.4, 0.5) is 0 Å². The number of imidazole rings is 1. The summed E-state index contributed by atoms with van der Waals surface area (Å²) < 4.78 is 1.68. The Morgan fingerprint density at radius 3 is 2.52 bits per heavy atom. The predicted octanol–water partition coefficient (Wildman–Crippen LogP) is 2.12. The van der Waals surface area contributed by atoms with Crippen molar-refractivity contribution >= 4 is 16.8 Å². The Bertz CT molecular complexity index is 892. The van der Waals surface area contributed by atoms with E-state index in [1.165, 1.54) is 0 Å². The van der Waals surface area contributed by atoms with Crippen LogP contribution in [-0.2, 0) is 6.54 Å². The zero-order valence-corrected chi connectivity index (χ0v) is 13.2. The maximum atomic E-state index is 12.6. The first-order valence-corrected chi connectivity index (χ1v) is 7.53. The molecule has 1 heterocycles. The van der Waals surface area contributed by atoms with Gasteiger partial charge in [-0.25, -0.2) is 4.79 Å². The van der Waals surface area contributed by atoms with E-state index in [9.17, 15) is 9.59 Å². The van der Waals surface area contributed by atoms with Crippen LogP contribution < -0.4 is 5.69 Å². The van der Waals surface area contributed by atoms with Gasteiger partial charge in [-0.2, -0.15) is 0 Å². The first-order chi connectivity index (χ1) is 11.1. The molecule has 0 unspecified atom stereocenters. The number of fused-ring (bicyclic) bond motifs is 1. The number of H-pyrrole nitrogens is 1. The number of aromatic amines is 1. The number of benzene rings is 2. The Hall–Kier alpha value is -2.66. The van der Waals surface area contributed by atoms with E-state index in [2.05, 4.69) is 4.98 Å². The van der Waals surface area contributed by atoms with Gasteiger partial charge in [-0.15, -0.1) is 0 Å². The van der Waals surface area contributed by atoms with Crippen LogP contribution in [0.2, 0.25) is 0 Å². The lowest BCUT2D eigenvalue weighted by atomic mass is 10.0. The molecule has 0 saturated heterocycles.